The van der Waals surface area contributed by atoms with Gasteiger partial charge in [-0.1, -0.05) is 25.1 Å². The van der Waals surface area contributed by atoms with Gasteiger partial charge in [0.25, 0.3) is 0 Å². The first-order valence-electron chi connectivity index (χ1n) is 6.82. The third-order valence-corrected chi connectivity index (χ3v) is 3.49. The van der Waals surface area contributed by atoms with E-state index < -0.39 is 11.6 Å². The zero-order chi connectivity index (χ0) is 14.7. The molecule has 0 heterocycles. The molecular weight excluding hydrogens is 256 g/mol. The molecule has 0 aliphatic heterocycles. The Morgan fingerprint density at radius 3 is 2.35 bits per heavy atom. The predicted molar refractivity (Wildman–Crippen MR) is 79.0 cm³/mol. The Balaban J connectivity index is 2.30. The third kappa shape index (κ3) is 3.16. The standard InChI is InChI=1S/C17H19F2N/c1-4-13-7-5-6-11(2)17(13)20-12(3)14-8-15(18)10-16(19)9-14/h5-10,12,20H,4H2,1-3H3. The number of aryl methyl sites for hydroxylation is 2. The summed E-state index contributed by atoms with van der Waals surface area (Å²) in [5.41, 5.74) is 3.99. The van der Waals surface area contributed by atoms with E-state index in [0.29, 0.717) is 5.56 Å². The SMILES string of the molecule is CCc1cccc(C)c1NC(C)c1cc(F)cc(F)c1. The van der Waals surface area contributed by atoms with Crippen LogP contribution in [0.4, 0.5) is 14.5 Å². The van der Waals surface area contributed by atoms with Crippen molar-refractivity contribution in [3.05, 3.63) is 64.7 Å². The Bertz CT molecular complexity index is 588. The molecule has 0 bridgehead atoms. The van der Waals surface area contributed by atoms with Crippen LogP contribution in [0.5, 0.6) is 0 Å². The second-order valence-electron chi connectivity index (χ2n) is 5.03. The summed E-state index contributed by atoms with van der Waals surface area (Å²) in [6.07, 6.45) is 0.911. The van der Waals surface area contributed by atoms with E-state index in [1.807, 2.05) is 26.0 Å². The summed E-state index contributed by atoms with van der Waals surface area (Å²) in [5, 5.41) is 3.37. The first-order valence-corrected chi connectivity index (χ1v) is 6.82. The van der Waals surface area contributed by atoms with Gasteiger partial charge in [-0.15, -0.1) is 0 Å². The highest BCUT2D eigenvalue weighted by Crippen LogP contribution is 2.27. The predicted octanol–water partition coefficient (Wildman–Crippen LogP) is 5.01. The zero-order valence-corrected chi connectivity index (χ0v) is 12.0. The summed E-state index contributed by atoms with van der Waals surface area (Å²) in [4.78, 5) is 0. The molecule has 0 saturated heterocycles. The smallest absolute Gasteiger partial charge is 0.126 e. The van der Waals surface area contributed by atoms with Gasteiger partial charge < -0.3 is 5.32 Å². The van der Waals surface area contributed by atoms with Gasteiger partial charge in [0, 0.05) is 17.8 Å². The van der Waals surface area contributed by atoms with E-state index in [2.05, 4.69) is 18.3 Å². The molecule has 106 valence electrons. The first-order chi connectivity index (χ1) is 9.51. The lowest BCUT2D eigenvalue weighted by Gasteiger charge is -2.20. The number of benzene rings is 2. The molecule has 3 heteroatoms. The van der Waals surface area contributed by atoms with Crippen molar-refractivity contribution < 1.29 is 8.78 Å². The highest BCUT2D eigenvalue weighted by Gasteiger charge is 2.11. The monoisotopic (exact) mass is 275 g/mol. The van der Waals surface area contributed by atoms with Crippen LogP contribution in [0, 0.1) is 18.6 Å². The molecule has 0 radical (unpaired) electrons. The Morgan fingerprint density at radius 2 is 1.75 bits per heavy atom. The maximum Gasteiger partial charge on any atom is 0.126 e. The van der Waals surface area contributed by atoms with Gasteiger partial charge in [-0.3, -0.25) is 0 Å². The highest BCUT2D eigenvalue weighted by atomic mass is 19.1. The van der Waals surface area contributed by atoms with Crippen LogP contribution in [0.2, 0.25) is 0 Å². The first kappa shape index (κ1) is 14.5. The fourth-order valence-corrected chi connectivity index (χ4v) is 2.35. The molecule has 1 nitrogen and oxygen atoms in total. The molecule has 0 aromatic heterocycles. The van der Waals surface area contributed by atoms with Gasteiger partial charge in [-0.2, -0.15) is 0 Å². The van der Waals surface area contributed by atoms with Crippen molar-refractivity contribution in [3.63, 3.8) is 0 Å². The van der Waals surface area contributed by atoms with Gasteiger partial charge >= 0.3 is 0 Å². The van der Waals surface area contributed by atoms with Crippen LogP contribution in [-0.4, -0.2) is 0 Å². The summed E-state index contributed by atoms with van der Waals surface area (Å²) in [6.45, 7) is 6.02. The molecule has 20 heavy (non-hydrogen) atoms. The van der Waals surface area contributed by atoms with Crippen molar-refractivity contribution >= 4 is 5.69 Å². The normalized spacial score (nSPS) is 12.2. The van der Waals surface area contributed by atoms with E-state index >= 15 is 0 Å². The van der Waals surface area contributed by atoms with Crippen molar-refractivity contribution in [2.24, 2.45) is 0 Å². The number of hydrogen-bond donors (Lipinski definition) is 1. The van der Waals surface area contributed by atoms with Crippen LogP contribution >= 0.6 is 0 Å². The molecule has 2 rings (SSSR count). The van der Waals surface area contributed by atoms with E-state index in [4.69, 9.17) is 0 Å². The van der Waals surface area contributed by atoms with Crippen LogP contribution in [0.1, 0.15) is 36.6 Å². The number of para-hydroxylation sites is 1. The van der Waals surface area contributed by atoms with Crippen LogP contribution in [0.15, 0.2) is 36.4 Å². The van der Waals surface area contributed by atoms with E-state index in [-0.39, 0.29) is 6.04 Å². The van der Waals surface area contributed by atoms with Crippen molar-refractivity contribution in [3.8, 4) is 0 Å². The maximum absolute atomic E-state index is 13.3. The van der Waals surface area contributed by atoms with E-state index in [9.17, 15) is 8.78 Å². The van der Waals surface area contributed by atoms with Crippen LogP contribution in [-0.2, 0) is 6.42 Å². The van der Waals surface area contributed by atoms with Gasteiger partial charge in [0.1, 0.15) is 11.6 Å². The fraction of sp³-hybridized carbons (Fsp3) is 0.294. The third-order valence-electron chi connectivity index (χ3n) is 3.49. The van der Waals surface area contributed by atoms with Gasteiger partial charge in [0.05, 0.1) is 0 Å². The lowest BCUT2D eigenvalue weighted by Crippen LogP contribution is -2.10. The van der Waals surface area contributed by atoms with Crippen LogP contribution in [0.3, 0.4) is 0 Å². The summed E-state index contributed by atoms with van der Waals surface area (Å²) in [5.74, 6) is -1.09. The highest BCUT2D eigenvalue weighted by molar-refractivity contribution is 5.58. The number of hydrogen-bond acceptors (Lipinski definition) is 1. The minimum absolute atomic E-state index is 0.161. The molecule has 0 amide bonds. The number of anilines is 1. The lowest BCUT2D eigenvalue weighted by molar-refractivity contribution is 0.577. The molecule has 0 saturated carbocycles. The largest absolute Gasteiger partial charge is 0.378 e. The number of halogens is 2. The molecular formula is C17H19F2N. The minimum Gasteiger partial charge on any atom is -0.378 e. The Labute approximate surface area is 118 Å². The van der Waals surface area contributed by atoms with Gasteiger partial charge in [0.2, 0.25) is 0 Å². The average Bonchev–Trinajstić information content (AvgIpc) is 2.39. The molecule has 0 aliphatic rings. The van der Waals surface area contributed by atoms with Crippen molar-refractivity contribution in [1.82, 2.24) is 0 Å². The second-order valence-corrected chi connectivity index (χ2v) is 5.03. The number of nitrogens with one attached hydrogen (secondary N) is 1. The van der Waals surface area contributed by atoms with Gasteiger partial charge in [-0.05, 0) is 49.1 Å². The quantitative estimate of drug-likeness (QED) is 0.827. The summed E-state index contributed by atoms with van der Waals surface area (Å²) < 4.78 is 26.6. The maximum atomic E-state index is 13.3. The molecule has 0 spiro atoms. The molecule has 1 unspecified atom stereocenters. The molecule has 2 aromatic rings. The molecule has 0 aliphatic carbocycles. The summed E-state index contributed by atoms with van der Waals surface area (Å²) in [6, 6.07) is 9.57. The Kier molecular flexibility index (Phi) is 4.38. The molecule has 1 N–H and O–H groups in total. The molecule has 0 fully saturated rings. The Hall–Kier alpha value is -1.90. The fourth-order valence-electron chi connectivity index (χ4n) is 2.35. The van der Waals surface area contributed by atoms with Crippen LogP contribution < -0.4 is 5.32 Å². The number of rotatable bonds is 4. The topological polar surface area (TPSA) is 12.0 Å². The van der Waals surface area contributed by atoms with Gasteiger partial charge in [-0.25, -0.2) is 8.78 Å². The average molecular weight is 275 g/mol. The zero-order valence-electron chi connectivity index (χ0n) is 12.0. The second kappa shape index (κ2) is 6.04. The molecule has 2 aromatic carbocycles. The van der Waals surface area contributed by atoms with E-state index in [1.54, 1.807) is 0 Å². The summed E-state index contributed by atoms with van der Waals surface area (Å²) in [7, 11) is 0. The van der Waals surface area contributed by atoms with Gasteiger partial charge in [0.15, 0.2) is 0 Å². The van der Waals surface area contributed by atoms with E-state index in [1.165, 1.54) is 17.7 Å². The minimum atomic E-state index is -0.547. The lowest BCUT2D eigenvalue weighted by atomic mass is 10.0. The van der Waals surface area contributed by atoms with Crippen molar-refractivity contribution in [1.29, 1.82) is 0 Å². The van der Waals surface area contributed by atoms with Crippen LogP contribution in [0.25, 0.3) is 0 Å². The van der Waals surface area contributed by atoms with Crippen molar-refractivity contribution in [2.45, 2.75) is 33.2 Å². The molecule has 1 atom stereocenters. The van der Waals surface area contributed by atoms with E-state index in [0.717, 1.165) is 23.7 Å². The summed E-state index contributed by atoms with van der Waals surface area (Å²) >= 11 is 0. The van der Waals surface area contributed by atoms with Crippen molar-refractivity contribution in [2.75, 3.05) is 5.32 Å². The Morgan fingerprint density at radius 1 is 1.10 bits per heavy atom.